The largest absolute Gasteiger partial charge is 0.330 e. The van der Waals surface area contributed by atoms with Crippen LogP contribution in [-0.4, -0.2) is 21.5 Å². The van der Waals surface area contributed by atoms with Crippen LogP contribution < -0.4 is 5.73 Å². The predicted octanol–water partition coefficient (Wildman–Crippen LogP) is 1.46. The Kier molecular flexibility index (Phi) is 5.05. The van der Waals surface area contributed by atoms with E-state index in [2.05, 4.69) is 10.3 Å². The molecule has 0 spiro atoms. The van der Waals surface area contributed by atoms with E-state index in [4.69, 9.17) is 5.73 Å². The van der Waals surface area contributed by atoms with Crippen LogP contribution in [0.3, 0.4) is 0 Å². The molecule has 1 heterocycles. The third-order valence-corrected chi connectivity index (χ3v) is 3.22. The summed E-state index contributed by atoms with van der Waals surface area (Å²) >= 11 is 0. The lowest BCUT2D eigenvalue weighted by atomic mass is 9.82. The predicted molar refractivity (Wildman–Crippen MR) is 61.8 cm³/mol. The minimum atomic E-state index is 0. The van der Waals surface area contributed by atoms with Crippen molar-refractivity contribution < 1.29 is 0 Å². The second-order valence-corrected chi connectivity index (χ2v) is 4.25. The second kappa shape index (κ2) is 6.08. The fraction of sp³-hybridized carbons (Fsp3) is 0.800. The van der Waals surface area contributed by atoms with Crippen LogP contribution >= 0.6 is 12.4 Å². The Hall–Kier alpha value is -0.610. The van der Waals surface area contributed by atoms with Crippen LogP contribution in [0.4, 0.5) is 0 Å². The summed E-state index contributed by atoms with van der Waals surface area (Å²) in [6.45, 7) is 1.88. The van der Waals surface area contributed by atoms with Gasteiger partial charge in [-0.2, -0.15) is 0 Å². The van der Waals surface area contributed by atoms with Crippen molar-refractivity contribution in [2.75, 3.05) is 6.54 Å². The molecule has 0 aliphatic heterocycles. The molecular formula is C10H19ClN4. The molecule has 0 atom stereocenters. The Morgan fingerprint density at radius 2 is 1.87 bits per heavy atom. The average Bonchev–Trinajstić information content (AvgIpc) is 2.72. The van der Waals surface area contributed by atoms with Gasteiger partial charge in [0, 0.05) is 12.7 Å². The summed E-state index contributed by atoms with van der Waals surface area (Å²) in [5, 5.41) is 7.80. The summed E-state index contributed by atoms with van der Waals surface area (Å²) in [4.78, 5) is 0. The van der Waals surface area contributed by atoms with Crippen LogP contribution in [0.5, 0.6) is 0 Å². The third-order valence-electron chi connectivity index (χ3n) is 3.22. The molecule has 0 saturated heterocycles. The Morgan fingerprint density at radius 3 is 2.40 bits per heavy atom. The van der Waals surface area contributed by atoms with Crippen molar-refractivity contribution in [2.45, 2.75) is 32.2 Å². The van der Waals surface area contributed by atoms with Gasteiger partial charge in [0.1, 0.15) is 0 Å². The number of aromatic nitrogens is 3. The van der Waals surface area contributed by atoms with E-state index in [0.29, 0.717) is 0 Å². The van der Waals surface area contributed by atoms with E-state index >= 15 is 0 Å². The second-order valence-electron chi connectivity index (χ2n) is 4.25. The van der Waals surface area contributed by atoms with E-state index in [1.165, 1.54) is 25.7 Å². The summed E-state index contributed by atoms with van der Waals surface area (Å²) in [6, 6.07) is 0. The van der Waals surface area contributed by atoms with Gasteiger partial charge >= 0.3 is 0 Å². The van der Waals surface area contributed by atoms with Crippen LogP contribution in [0.1, 0.15) is 25.7 Å². The molecule has 1 aromatic heterocycles. The first kappa shape index (κ1) is 12.5. The van der Waals surface area contributed by atoms with Crippen molar-refractivity contribution in [2.24, 2.45) is 17.6 Å². The molecule has 1 aliphatic carbocycles. The molecule has 1 saturated carbocycles. The molecule has 0 radical (unpaired) electrons. The molecule has 0 unspecified atom stereocenters. The molecule has 0 bridgehead atoms. The molecule has 5 heteroatoms. The number of halogens is 1. The molecule has 0 aromatic carbocycles. The van der Waals surface area contributed by atoms with E-state index in [1.807, 2.05) is 10.9 Å². The topological polar surface area (TPSA) is 56.7 Å². The number of hydrogen-bond donors (Lipinski definition) is 1. The summed E-state index contributed by atoms with van der Waals surface area (Å²) in [5.41, 5.74) is 5.66. The van der Waals surface area contributed by atoms with Crippen LogP contribution in [0.15, 0.2) is 12.4 Å². The molecule has 2 rings (SSSR count). The number of nitrogens with two attached hydrogens (primary N) is 1. The molecule has 0 amide bonds. The first-order valence-electron chi connectivity index (χ1n) is 5.42. The van der Waals surface area contributed by atoms with Gasteiger partial charge in [-0.05, 0) is 44.1 Å². The SMILES string of the molecule is Cl.NCC1CCC(Cn2ccnn2)CC1. The first-order chi connectivity index (χ1) is 6.88. The lowest BCUT2D eigenvalue weighted by Crippen LogP contribution is -2.23. The average molecular weight is 231 g/mol. The quantitative estimate of drug-likeness (QED) is 0.856. The highest BCUT2D eigenvalue weighted by Crippen LogP contribution is 2.28. The smallest absolute Gasteiger partial charge is 0.0692 e. The normalized spacial score (nSPS) is 25.9. The van der Waals surface area contributed by atoms with Crippen molar-refractivity contribution in [3.8, 4) is 0 Å². The van der Waals surface area contributed by atoms with Crippen molar-refractivity contribution in [1.82, 2.24) is 15.0 Å². The van der Waals surface area contributed by atoms with Gasteiger partial charge in [-0.1, -0.05) is 5.21 Å². The Bertz CT molecular complexity index is 254. The number of nitrogens with zero attached hydrogens (tertiary/aromatic N) is 3. The van der Waals surface area contributed by atoms with Crippen molar-refractivity contribution >= 4 is 12.4 Å². The maximum atomic E-state index is 5.66. The number of hydrogen-bond acceptors (Lipinski definition) is 3. The highest BCUT2D eigenvalue weighted by molar-refractivity contribution is 5.85. The molecule has 15 heavy (non-hydrogen) atoms. The molecule has 1 aromatic rings. The molecule has 2 N–H and O–H groups in total. The Labute approximate surface area is 96.6 Å². The maximum Gasteiger partial charge on any atom is 0.0692 e. The minimum absolute atomic E-state index is 0. The van der Waals surface area contributed by atoms with Gasteiger partial charge in [0.15, 0.2) is 0 Å². The maximum absolute atomic E-state index is 5.66. The van der Waals surface area contributed by atoms with E-state index in [0.717, 1.165) is 24.9 Å². The van der Waals surface area contributed by atoms with Crippen molar-refractivity contribution in [1.29, 1.82) is 0 Å². The summed E-state index contributed by atoms with van der Waals surface area (Å²) in [5.74, 6) is 1.54. The van der Waals surface area contributed by atoms with Gasteiger partial charge < -0.3 is 5.73 Å². The van der Waals surface area contributed by atoms with Crippen molar-refractivity contribution in [3.05, 3.63) is 12.4 Å². The van der Waals surface area contributed by atoms with Crippen LogP contribution in [0.2, 0.25) is 0 Å². The Morgan fingerprint density at radius 1 is 1.20 bits per heavy atom. The Balaban J connectivity index is 0.00000112. The fourth-order valence-electron chi connectivity index (χ4n) is 2.24. The zero-order valence-electron chi connectivity index (χ0n) is 8.88. The first-order valence-corrected chi connectivity index (χ1v) is 5.42. The summed E-state index contributed by atoms with van der Waals surface area (Å²) in [7, 11) is 0. The monoisotopic (exact) mass is 230 g/mol. The van der Waals surface area contributed by atoms with E-state index in [1.54, 1.807) is 6.20 Å². The van der Waals surface area contributed by atoms with Gasteiger partial charge in [0.2, 0.25) is 0 Å². The fourth-order valence-corrected chi connectivity index (χ4v) is 2.24. The molecular weight excluding hydrogens is 212 g/mol. The highest BCUT2D eigenvalue weighted by Gasteiger charge is 2.20. The molecule has 86 valence electrons. The van der Waals surface area contributed by atoms with Gasteiger partial charge in [0.05, 0.1) is 6.20 Å². The standard InChI is InChI=1S/C10H18N4.ClH/c11-7-9-1-3-10(4-2-9)8-14-6-5-12-13-14;/h5-6,9-10H,1-4,7-8,11H2;1H. The summed E-state index contributed by atoms with van der Waals surface area (Å²) < 4.78 is 1.94. The van der Waals surface area contributed by atoms with E-state index < -0.39 is 0 Å². The lowest BCUT2D eigenvalue weighted by Gasteiger charge is -2.27. The van der Waals surface area contributed by atoms with Crippen LogP contribution in [-0.2, 0) is 6.54 Å². The van der Waals surface area contributed by atoms with Crippen LogP contribution in [0.25, 0.3) is 0 Å². The number of rotatable bonds is 3. The minimum Gasteiger partial charge on any atom is -0.330 e. The third kappa shape index (κ3) is 3.47. The molecule has 4 nitrogen and oxygen atoms in total. The van der Waals surface area contributed by atoms with Gasteiger partial charge in [-0.3, -0.25) is 4.68 Å². The van der Waals surface area contributed by atoms with Crippen molar-refractivity contribution in [3.63, 3.8) is 0 Å². The summed E-state index contributed by atoms with van der Waals surface area (Å²) in [6.07, 6.45) is 8.84. The zero-order valence-corrected chi connectivity index (χ0v) is 9.70. The molecule has 1 fully saturated rings. The van der Waals surface area contributed by atoms with Gasteiger partial charge in [-0.15, -0.1) is 17.5 Å². The lowest BCUT2D eigenvalue weighted by molar-refractivity contribution is 0.249. The van der Waals surface area contributed by atoms with Gasteiger partial charge in [0.25, 0.3) is 0 Å². The van der Waals surface area contributed by atoms with Gasteiger partial charge in [-0.25, -0.2) is 0 Å². The highest BCUT2D eigenvalue weighted by atomic mass is 35.5. The van der Waals surface area contributed by atoms with E-state index in [9.17, 15) is 0 Å². The zero-order chi connectivity index (χ0) is 9.80. The van der Waals surface area contributed by atoms with E-state index in [-0.39, 0.29) is 12.4 Å². The molecule has 1 aliphatic rings. The van der Waals surface area contributed by atoms with Crippen LogP contribution in [0, 0.1) is 11.8 Å².